The minimum Gasteiger partial charge on any atom is -0.0683 e. The van der Waals surface area contributed by atoms with Gasteiger partial charge in [0.1, 0.15) is 0 Å². The van der Waals surface area contributed by atoms with Crippen LogP contribution in [0.3, 0.4) is 0 Å². The highest BCUT2D eigenvalue weighted by Crippen LogP contribution is 2.35. The number of rotatable bonds is 1. The summed E-state index contributed by atoms with van der Waals surface area (Å²) in [5.41, 5.74) is 8.62. The van der Waals surface area contributed by atoms with Gasteiger partial charge in [0, 0.05) is 0 Å². The van der Waals surface area contributed by atoms with Gasteiger partial charge in [0.05, 0.1) is 0 Å². The van der Waals surface area contributed by atoms with E-state index in [0.29, 0.717) is 0 Å². The van der Waals surface area contributed by atoms with Crippen LogP contribution in [-0.2, 0) is 11.8 Å². The van der Waals surface area contributed by atoms with Crippen LogP contribution in [0.15, 0.2) is 48.0 Å². The fraction of sp³-hybridized carbons (Fsp3) is 0.300. The van der Waals surface area contributed by atoms with Gasteiger partial charge in [-0.15, -0.1) is 0 Å². The van der Waals surface area contributed by atoms with Gasteiger partial charge >= 0.3 is 0 Å². The summed E-state index contributed by atoms with van der Waals surface area (Å²) in [6.07, 6.45) is 3.44. The van der Waals surface area contributed by atoms with E-state index in [4.69, 9.17) is 0 Å². The maximum absolute atomic E-state index is 2.34. The van der Waals surface area contributed by atoms with Crippen molar-refractivity contribution in [3.63, 3.8) is 0 Å². The zero-order valence-corrected chi connectivity index (χ0v) is 12.8. The largest absolute Gasteiger partial charge is 0.0683 e. The van der Waals surface area contributed by atoms with Gasteiger partial charge in [-0.05, 0) is 46.6 Å². The normalized spacial score (nSPS) is 14.1. The fourth-order valence-electron chi connectivity index (χ4n) is 2.94. The molecule has 0 aromatic heterocycles. The van der Waals surface area contributed by atoms with Crippen molar-refractivity contribution in [3.05, 3.63) is 64.7 Å². The second-order valence-electron chi connectivity index (χ2n) is 6.88. The van der Waals surface area contributed by atoms with E-state index in [1.165, 1.54) is 33.4 Å². The van der Waals surface area contributed by atoms with Crippen molar-refractivity contribution >= 4 is 6.08 Å². The summed E-state index contributed by atoms with van der Waals surface area (Å²) >= 11 is 0. The van der Waals surface area contributed by atoms with Gasteiger partial charge in [0.2, 0.25) is 0 Å². The Hall–Kier alpha value is -1.82. The van der Waals surface area contributed by atoms with Crippen LogP contribution in [0.1, 0.15) is 44.4 Å². The molecule has 3 rings (SSSR count). The first-order chi connectivity index (χ1) is 9.45. The van der Waals surface area contributed by atoms with Crippen molar-refractivity contribution < 1.29 is 0 Å². The summed E-state index contributed by atoms with van der Waals surface area (Å²) in [5.74, 6) is 0. The average molecular weight is 262 g/mol. The van der Waals surface area contributed by atoms with E-state index in [-0.39, 0.29) is 5.41 Å². The van der Waals surface area contributed by atoms with E-state index >= 15 is 0 Å². The summed E-state index contributed by atoms with van der Waals surface area (Å²) in [5, 5.41) is 0. The van der Waals surface area contributed by atoms with Crippen LogP contribution in [-0.4, -0.2) is 0 Å². The third-order valence-corrected chi connectivity index (χ3v) is 4.10. The Kier molecular flexibility index (Phi) is 3.05. The summed E-state index contributed by atoms with van der Waals surface area (Å²) in [4.78, 5) is 0. The molecule has 20 heavy (non-hydrogen) atoms. The fourth-order valence-corrected chi connectivity index (χ4v) is 2.94. The lowest BCUT2D eigenvalue weighted by Crippen LogP contribution is -2.10. The second kappa shape index (κ2) is 4.63. The second-order valence-corrected chi connectivity index (χ2v) is 6.88. The minimum atomic E-state index is 0.194. The zero-order chi connectivity index (χ0) is 14.3. The van der Waals surface area contributed by atoms with Gasteiger partial charge in [0.15, 0.2) is 0 Å². The standard InChI is InChI=1S/C20H22/c1-14-11-15-8-6-10-18(19(15)12-14)16-7-5-9-17(13-16)20(2,3)4/h5-10,12-13H,11H2,1-4H3. The molecule has 0 saturated heterocycles. The van der Waals surface area contributed by atoms with Gasteiger partial charge < -0.3 is 0 Å². The molecule has 0 radical (unpaired) electrons. The van der Waals surface area contributed by atoms with E-state index in [2.05, 4.69) is 76.2 Å². The minimum absolute atomic E-state index is 0.194. The predicted octanol–water partition coefficient (Wildman–Crippen LogP) is 5.61. The van der Waals surface area contributed by atoms with E-state index in [1.807, 2.05) is 0 Å². The quantitative estimate of drug-likeness (QED) is 0.626. The molecule has 0 heteroatoms. The molecule has 1 aliphatic carbocycles. The Morgan fingerprint density at radius 2 is 1.70 bits per heavy atom. The van der Waals surface area contributed by atoms with Crippen molar-refractivity contribution in [3.8, 4) is 11.1 Å². The van der Waals surface area contributed by atoms with E-state index in [1.54, 1.807) is 0 Å². The van der Waals surface area contributed by atoms with Crippen LogP contribution in [0.4, 0.5) is 0 Å². The molecule has 0 amide bonds. The molecule has 2 aromatic rings. The third kappa shape index (κ3) is 2.31. The molecule has 0 N–H and O–H groups in total. The van der Waals surface area contributed by atoms with Gasteiger partial charge in [-0.25, -0.2) is 0 Å². The lowest BCUT2D eigenvalue weighted by molar-refractivity contribution is 0.590. The Morgan fingerprint density at radius 1 is 0.950 bits per heavy atom. The first-order valence-corrected chi connectivity index (χ1v) is 7.35. The van der Waals surface area contributed by atoms with Crippen molar-refractivity contribution in [1.82, 2.24) is 0 Å². The Labute approximate surface area is 122 Å². The molecule has 0 atom stereocenters. The highest BCUT2D eigenvalue weighted by Gasteiger charge is 2.17. The molecule has 0 unspecified atom stereocenters. The third-order valence-electron chi connectivity index (χ3n) is 4.10. The zero-order valence-electron chi connectivity index (χ0n) is 12.8. The summed E-state index contributed by atoms with van der Waals surface area (Å²) in [6.45, 7) is 9.03. The summed E-state index contributed by atoms with van der Waals surface area (Å²) in [6, 6.07) is 15.7. The Morgan fingerprint density at radius 3 is 2.45 bits per heavy atom. The molecule has 0 fully saturated rings. The van der Waals surface area contributed by atoms with Crippen molar-refractivity contribution in [2.45, 2.75) is 39.5 Å². The van der Waals surface area contributed by atoms with Crippen LogP contribution in [0, 0.1) is 0 Å². The van der Waals surface area contributed by atoms with Crippen molar-refractivity contribution in [2.24, 2.45) is 0 Å². The molecular formula is C20H22. The average Bonchev–Trinajstić information content (AvgIpc) is 2.77. The van der Waals surface area contributed by atoms with E-state index in [0.717, 1.165) is 6.42 Å². The first-order valence-electron chi connectivity index (χ1n) is 7.35. The summed E-state index contributed by atoms with van der Waals surface area (Å²) in [7, 11) is 0. The number of benzene rings is 2. The van der Waals surface area contributed by atoms with Crippen LogP contribution in [0.25, 0.3) is 17.2 Å². The number of hydrogen-bond donors (Lipinski definition) is 0. The highest BCUT2D eigenvalue weighted by atomic mass is 14.2. The van der Waals surface area contributed by atoms with Crippen LogP contribution in [0.2, 0.25) is 0 Å². The highest BCUT2D eigenvalue weighted by molar-refractivity contribution is 5.80. The number of allylic oxidation sites excluding steroid dienone is 1. The molecule has 0 aliphatic heterocycles. The molecule has 102 valence electrons. The molecule has 0 saturated carbocycles. The van der Waals surface area contributed by atoms with Gasteiger partial charge in [-0.3, -0.25) is 0 Å². The maximum atomic E-state index is 2.34. The Bertz CT molecular complexity index is 681. The first kappa shape index (κ1) is 13.2. The molecule has 1 aliphatic rings. The predicted molar refractivity (Wildman–Crippen MR) is 87.9 cm³/mol. The van der Waals surface area contributed by atoms with Crippen LogP contribution >= 0.6 is 0 Å². The molecule has 0 bridgehead atoms. The van der Waals surface area contributed by atoms with Crippen LogP contribution in [0.5, 0.6) is 0 Å². The molecule has 0 spiro atoms. The van der Waals surface area contributed by atoms with Crippen molar-refractivity contribution in [2.75, 3.05) is 0 Å². The van der Waals surface area contributed by atoms with Gasteiger partial charge in [-0.1, -0.05) is 74.9 Å². The van der Waals surface area contributed by atoms with E-state index < -0.39 is 0 Å². The number of hydrogen-bond acceptors (Lipinski definition) is 0. The maximum Gasteiger partial charge on any atom is -0.00604 e. The number of fused-ring (bicyclic) bond motifs is 1. The van der Waals surface area contributed by atoms with Crippen molar-refractivity contribution in [1.29, 1.82) is 0 Å². The lowest BCUT2D eigenvalue weighted by Gasteiger charge is -2.20. The van der Waals surface area contributed by atoms with Gasteiger partial charge in [0.25, 0.3) is 0 Å². The van der Waals surface area contributed by atoms with Gasteiger partial charge in [-0.2, -0.15) is 0 Å². The molecule has 2 aromatic carbocycles. The summed E-state index contributed by atoms with van der Waals surface area (Å²) < 4.78 is 0. The molecular weight excluding hydrogens is 240 g/mol. The van der Waals surface area contributed by atoms with E-state index in [9.17, 15) is 0 Å². The monoisotopic (exact) mass is 262 g/mol. The molecule has 0 heterocycles. The Balaban J connectivity index is 2.14. The topological polar surface area (TPSA) is 0 Å². The smallest absolute Gasteiger partial charge is 0.00604 e. The van der Waals surface area contributed by atoms with Crippen LogP contribution < -0.4 is 0 Å². The lowest BCUT2D eigenvalue weighted by atomic mass is 9.85. The molecule has 0 nitrogen and oxygen atoms in total. The SMILES string of the molecule is CC1=Cc2c(cccc2-c2cccc(C(C)(C)C)c2)C1.